The van der Waals surface area contributed by atoms with Crippen LogP contribution in [-0.2, 0) is 11.8 Å². The summed E-state index contributed by atoms with van der Waals surface area (Å²) in [6.07, 6.45) is 0. The Bertz CT molecular complexity index is 609. The Kier molecular flexibility index (Phi) is 2.91. The van der Waals surface area contributed by atoms with Crippen LogP contribution in [0.2, 0.25) is 0 Å². The summed E-state index contributed by atoms with van der Waals surface area (Å²) in [5.41, 5.74) is 1.66. The lowest BCUT2D eigenvalue weighted by atomic mass is 10.0. The Morgan fingerprint density at radius 1 is 1.59 bits per heavy atom. The number of nitrogens with zero attached hydrogens (tertiary/aromatic N) is 2. The van der Waals surface area contributed by atoms with Gasteiger partial charge in [0.05, 0.1) is 11.2 Å². The van der Waals surface area contributed by atoms with Gasteiger partial charge in [-0.3, -0.25) is 9.48 Å². The van der Waals surface area contributed by atoms with Crippen LogP contribution in [0, 0.1) is 12.7 Å². The van der Waals surface area contributed by atoms with E-state index in [0.29, 0.717) is 22.2 Å². The molecule has 1 aromatic heterocycles. The lowest BCUT2D eigenvalue weighted by Crippen LogP contribution is -2.05. The second kappa shape index (κ2) is 4.10. The Hall–Kier alpha value is -1.43. The maximum Gasteiger partial charge on any atom is 0.321 e. The van der Waals surface area contributed by atoms with E-state index in [-0.39, 0.29) is 0 Å². The van der Waals surface area contributed by atoms with Gasteiger partial charge in [-0.25, -0.2) is 4.39 Å². The van der Waals surface area contributed by atoms with E-state index in [1.165, 1.54) is 12.1 Å². The molecule has 0 amide bonds. The molecular formula is C11H10BrFN2O2. The number of fused-ring (bicyclic) bond motifs is 1. The number of hydrogen-bond acceptors (Lipinski definition) is 2. The highest BCUT2D eigenvalue weighted by atomic mass is 79.9. The van der Waals surface area contributed by atoms with Crippen LogP contribution < -0.4 is 0 Å². The number of carboxylic acids is 1. The van der Waals surface area contributed by atoms with Gasteiger partial charge in [0, 0.05) is 12.4 Å². The fourth-order valence-electron chi connectivity index (χ4n) is 1.92. The summed E-state index contributed by atoms with van der Waals surface area (Å²) in [4.78, 5) is 10.0. The average molecular weight is 301 g/mol. The van der Waals surface area contributed by atoms with Crippen LogP contribution in [0.25, 0.3) is 10.9 Å². The molecule has 0 bridgehead atoms. The largest absolute Gasteiger partial charge is 0.480 e. The van der Waals surface area contributed by atoms with Crippen molar-refractivity contribution in [2.45, 2.75) is 11.8 Å². The van der Waals surface area contributed by atoms with Gasteiger partial charge in [-0.15, -0.1) is 0 Å². The Morgan fingerprint density at radius 3 is 2.82 bits per heavy atom. The first kappa shape index (κ1) is 12.0. The van der Waals surface area contributed by atoms with Crippen LogP contribution >= 0.6 is 15.9 Å². The lowest BCUT2D eigenvalue weighted by molar-refractivity contribution is -0.136. The zero-order valence-electron chi connectivity index (χ0n) is 9.24. The molecular weight excluding hydrogens is 291 g/mol. The van der Waals surface area contributed by atoms with Crippen LogP contribution in [0.3, 0.4) is 0 Å². The summed E-state index contributed by atoms with van der Waals surface area (Å²) in [5, 5.41) is 13.8. The summed E-state index contributed by atoms with van der Waals surface area (Å²) < 4.78 is 15.0. The molecule has 2 aromatic rings. The molecule has 0 aliphatic carbocycles. The first-order valence-corrected chi connectivity index (χ1v) is 5.83. The van der Waals surface area contributed by atoms with Gasteiger partial charge in [0.2, 0.25) is 0 Å². The van der Waals surface area contributed by atoms with E-state index in [2.05, 4.69) is 21.0 Å². The van der Waals surface area contributed by atoms with E-state index in [9.17, 15) is 9.18 Å². The standard InChI is InChI=1S/C11H10BrFN2O2/c1-5-9-7(10(12)11(16)17)3-6(13)4-8(9)15(2)14-5/h3-4,10H,1-2H3,(H,16,17). The van der Waals surface area contributed by atoms with E-state index in [1.54, 1.807) is 18.7 Å². The van der Waals surface area contributed by atoms with Crippen LogP contribution in [-0.4, -0.2) is 20.9 Å². The topological polar surface area (TPSA) is 55.1 Å². The molecule has 4 nitrogen and oxygen atoms in total. The van der Waals surface area contributed by atoms with Crippen LogP contribution in [0.15, 0.2) is 12.1 Å². The fraction of sp³-hybridized carbons (Fsp3) is 0.273. The van der Waals surface area contributed by atoms with Crippen molar-refractivity contribution in [2.75, 3.05) is 0 Å². The number of hydrogen-bond donors (Lipinski definition) is 1. The van der Waals surface area contributed by atoms with Crippen LogP contribution in [0.5, 0.6) is 0 Å². The quantitative estimate of drug-likeness (QED) is 0.867. The van der Waals surface area contributed by atoms with Gasteiger partial charge in [-0.1, -0.05) is 15.9 Å². The Balaban J connectivity index is 2.82. The van der Waals surface area contributed by atoms with Crippen molar-refractivity contribution >= 4 is 32.8 Å². The molecule has 0 saturated carbocycles. The number of benzene rings is 1. The number of aromatic nitrogens is 2. The van der Waals surface area contributed by atoms with Crippen LogP contribution in [0.4, 0.5) is 4.39 Å². The maximum atomic E-state index is 13.5. The summed E-state index contributed by atoms with van der Waals surface area (Å²) in [7, 11) is 1.70. The predicted molar refractivity (Wildman–Crippen MR) is 64.7 cm³/mol. The van der Waals surface area contributed by atoms with Crippen LogP contribution in [0.1, 0.15) is 16.1 Å². The fourth-order valence-corrected chi connectivity index (χ4v) is 2.29. The number of aliphatic carboxylic acids is 1. The maximum absolute atomic E-state index is 13.5. The molecule has 1 N–H and O–H groups in total. The smallest absolute Gasteiger partial charge is 0.321 e. The van der Waals surface area contributed by atoms with Gasteiger partial charge in [0.15, 0.2) is 0 Å². The first-order chi connectivity index (χ1) is 7.91. The molecule has 17 heavy (non-hydrogen) atoms. The van der Waals surface area contributed by atoms with Crippen molar-refractivity contribution in [3.63, 3.8) is 0 Å². The second-order valence-electron chi connectivity index (χ2n) is 3.80. The molecule has 0 saturated heterocycles. The van der Waals surface area contributed by atoms with Gasteiger partial charge in [-0.2, -0.15) is 5.10 Å². The van der Waals surface area contributed by atoms with Crippen molar-refractivity contribution in [2.24, 2.45) is 7.05 Å². The van der Waals surface area contributed by atoms with Gasteiger partial charge in [0.25, 0.3) is 0 Å². The highest BCUT2D eigenvalue weighted by molar-refractivity contribution is 9.09. The molecule has 0 fully saturated rings. The molecule has 1 heterocycles. The molecule has 6 heteroatoms. The van der Waals surface area contributed by atoms with E-state index < -0.39 is 16.6 Å². The van der Waals surface area contributed by atoms with E-state index >= 15 is 0 Å². The number of halogens is 2. The van der Waals surface area contributed by atoms with Gasteiger partial charge >= 0.3 is 5.97 Å². The molecule has 2 rings (SSSR count). The summed E-state index contributed by atoms with van der Waals surface area (Å²) in [6.45, 7) is 1.77. The third-order valence-corrected chi connectivity index (χ3v) is 3.50. The summed E-state index contributed by atoms with van der Waals surface area (Å²) in [5.74, 6) is -1.53. The minimum absolute atomic E-state index is 0.387. The molecule has 1 aromatic carbocycles. The third-order valence-electron chi connectivity index (χ3n) is 2.61. The number of aryl methyl sites for hydroxylation is 2. The van der Waals surface area contributed by atoms with E-state index in [0.717, 1.165) is 0 Å². The highest BCUT2D eigenvalue weighted by Crippen LogP contribution is 2.32. The van der Waals surface area contributed by atoms with Gasteiger partial charge in [-0.05, 0) is 24.6 Å². The molecule has 1 atom stereocenters. The Morgan fingerprint density at radius 2 is 2.24 bits per heavy atom. The SMILES string of the molecule is Cc1nn(C)c2cc(F)cc(C(Br)C(=O)O)c12. The third kappa shape index (κ3) is 1.93. The molecule has 1 unspecified atom stereocenters. The Labute approximate surface area is 105 Å². The lowest BCUT2D eigenvalue weighted by Gasteiger charge is -2.07. The molecule has 0 aliphatic heterocycles. The normalized spacial score (nSPS) is 12.9. The minimum Gasteiger partial charge on any atom is -0.480 e. The van der Waals surface area contributed by atoms with Gasteiger partial charge < -0.3 is 5.11 Å². The molecule has 0 radical (unpaired) electrons. The number of carboxylic acid groups (broad SMARTS) is 1. The van der Waals surface area contributed by atoms with Crippen molar-refractivity contribution in [3.8, 4) is 0 Å². The summed E-state index contributed by atoms with van der Waals surface area (Å²) in [6, 6.07) is 2.57. The van der Waals surface area contributed by atoms with Crippen molar-refractivity contribution in [3.05, 3.63) is 29.2 Å². The molecule has 0 aliphatic rings. The second-order valence-corrected chi connectivity index (χ2v) is 4.71. The molecule has 0 spiro atoms. The van der Waals surface area contributed by atoms with Crippen molar-refractivity contribution in [1.29, 1.82) is 0 Å². The van der Waals surface area contributed by atoms with Crippen molar-refractivity contribution in [1.82, 2.24) is 9.78 Å². The van der Waals surface area contributed by atoms with E-state index in [4.69, 9.17) is 5.11 Å². The monoisotopic (exact) mass is 300 g/mol. The number of carbonyl (C=O) groups is 1. The predicted octanol–water partition coefficient (Wildman–Crippen LogP) is 2.54. The average Bonchev–Trinajstić information content (AvgIpc) is 2.52. The minimum atomic E-state index is -1.06. The summed E-state index contributed by atoms with van der Waals surface area (Å²) >= 11 is 3.05. The van der Waals surface area contributed by atoms with E-state index in [1.807, 2.05) is 0 Å². The van der Waals surface area contributed by atoms with Crippen molar-refractivity contribution < 1.29 is 14.3 Å². The first-order valence-electron chi connectivity index (χ1n) is 4.91. The number of rotatable bonds is 2. The zero-order valence-corrected chi connectivity index (χ0v) is 10.8. The highest BCUT2D eigenvalue weighted by Gasteiger charge is 2.22. The molecule has 90 valence electrons. The zero-order chi connectivity index (χ0) is 12.7. The van der Waals surface area contributed by atoms with Gasteiger partial charge in [0.1, 0.15) is 10.6 Å². The number of alkyl halides is 1.